The first-order valence-electron chi connectivity index (χ1n) is 12.0. The number of benzene rings is 1. The van der Waals surface area contributed by atoms with E-state index in [1.807, 2.05) is 47.4 Å². The van der Waals surface area contributed by atoms with Crippen molar-refractivity contribution in [2.24, 2.45) is 5.92 Å². The molecule has 10 nitrogen and oxygen atoms in total. The Morgan fingerprint density at radius 3 is 2.61 bits per heavy atom. The molecule has 2 heterocycles. The smallest absolute Gasteiger partial charge is 0.330 e. The van der Waals surface area contributed by atoms with Crippen LogP contribution in [0.15, 0.2) is 56.5 Å². The zero-order valence-corrected chi connectivity index (χ0v) is 20.9. The average Bonchev–Trinajstić information content (AvgIpc) is 3.39. The molecule has 36 heavy (non-hydrogen) atoms. The van der Waals surface area contributed by atoms with Gasteiger partial charge in [-0.1, -0.05) is 37.3 Å². The van der Waals surface area contributed by atoms with Gasteiger partial charge in [-0.25, -0.2) is 4.79 Å². The Hall–Kier alpha value is -3.63. The number of hydrogen-bond acceptors (Lipinski definition) is 7. The van der Waals surface area contributed by atoms with E-state index in [0.717, 1.165) is 23.5 Å². The van der Waals surface area contributed by atoms with Crippen molar-refractivity contribution in [2.75, 3.05) is 44.5 Å². The number of nitrogens with zero attached hydrogens (tertiary/aromatic N) is 3. The molecule has 1 aromatic carbocycles. The molecule has 0 saturated heterocycles. The molecular formula is C26H33N5O5. The molecule has 1 amide bonds. The standard InChI is InChI=1S/C26H33N5O5/c1-17-13-20(17)21-10-9-19(36-21)15-29(2)16-22(32)30(11-12-35-3)23-24(27)31(26(34)28-25(23)33)14-18-7-5-4-6-8-18/h4-10,17,20H,11-16,27H2,1-3H3,(H,28,33,34)/t17-,20+/m1/s1. The summed E-state index contributed by atoms with van der Waals surface area (Å²) < 4.78 is 12.4. The normalized spacial score (nSPS) is 16.9. The number of nitrogens with one attached hydrogen (secondary N) is 1. The van der Waals surface area contributed by atoms with Crippen LogP contribution in [0.4, 0.5) is 11.5 Å². The molecule has 1 saturated carbocycles. The van der Waals surface area contributed by atoms with Crippen molar-refractivity contribution in [3.63, 3.8) is 0 Å². The van der Waals surface area contributed by atoms with E-state index in [2.05, 4.69) is 11.9 Å². The predicted octanol–water partition coefficient (Wildman–Crippen LogP) is 1.99. The fourth-order valence-electron chi connectivity index (χ4n) is 4.34. The summed E-state index contributed by atoms with van der Waals surface area (Å²) in [6.45, 7) is 3.09. The van der Waals surface area contributed by atoms with E-state index < -0.39 is 11.2 Å². The second-order valence-electron chi connectivity index (χ2n) is 9.40. The largest absolute Gasteiger partial charge is 0.464 e. The Labute approximate surface area is 209 Å². The molecule has 2 aromatic heterocycles. The highest BCUT2D eigenvalue weighted by Gasteiger charge is 2.36. The van der Waals surface area contributed by atoms with Crippen LogP contribution in [-0.4, -0.2) is 54.2 Å². The quantitative estimate of drug-likeness (QED) is 0.417. The van der Waals surface area contributed by atoms with Gasteiger partial charge in [-0.3, -0.25) is 24.0 Å². The summed E-state index contributed by atoms with van der Waals surface area (Å²) >= 11 is 0. The molecule has 1 fully saturated rings. The molecular weight excluding hydrogens is 462 g/mol. The van der Waals surface area contributed by atoms with Gasteiger partial charge in [-0.2, -0.15) is 0 Å². The molecule has 3 aromatic rings. The Morgan fingerprint density at radius 1 is 1.22 bits per heavy atom. The number of nitrogen functional groups attached to an aromatic ring is 1. The first-order chi connectivity index (χ1) is 17.3. The lowest BCUT2D eigenvalue weighted by molar-refractivity contribution is -0.119. The number of rotatable bonds is 11. The van der Waals surface area contributed by atoms with Crippen LogP contribution in [0.2, 0.25) is 0 Å². The molecule has 0 bridgehead atoms. The summed E-state index contributed by atoms with van der Waals surface area (Å²) in [5.41, 5.74) is 5.73. The number of amides is 1. The Balaban J connectivity index is 1.55. The zero-order valence-electron chi connectivity index (χ0n) is 20.9. The summed E-state index contributed by atoms with van der Waals surface area (Å²) in [5, 5.41) is 0. The maximum absolute atomic E-state index is 13.4. The van der Waals surface area contributed by atoms with Crippen LogP contribution in [-0.2, 0) is 22.6 Å². The van der Waals surface area contributed by atoms with E-state index in [1.165, 1.54) is 16.6 Å². The predicted molar refractivity (Wildman–Crippen MR) is 137 cm³/mol. The summed E-state index contributed by atoms with van der Waals surface area (Å²) in [4.78, 5) is 44.2. The molecule has 10 heteroatoms. The van der Waals surface area contributed by atoms with Gasteiger partial charge in [0.25, 0.3) is 5.56 Å². The van der Waals surface area contributed by atoms with Gasteiger partial charge in [0.2, 0.25) is 5.91 Å². The lowest BCUT2D eigenvalue weighted by Crippen LogP contribution is -2.45. The lowest BCUT2D eigenvalue weighted by Gasteiger charge is -2.26. The molecule has 0 radical (unpaired) electrons. The number of aromatic nitrogens is 2. The number of H-pyrrole nitrogens is 1. The van der Waals surface area contributed by atoms with E-state index >= 15 is 0 Å². The van der Waals surface area contributed by atoms with Crippen LogP contribution in [0.5, 0.6) is 0 Å². The second-order valence-corrected chi connectivity index (χ2v) is 9.40. The highest BCUT2D eigenvalue weighted by Crippen LogP contribution is 2.47. The molecule has 0 aliphatic heterocycles. The molecule has 0 unspecified atom stereocenters. The monoisotopic (exact) mass is 495 g/mol. The van der Waals surface area contributed by atoms with Gasteiger partial charge in [-0.05, 0) is 37.1 Å². The fourth-order valence-corrected chi connectivity index (χ4v) is 4.34. The van der Waals surface area contributed by atoms with Gasteiger partial charge >= 0.3 is 5.69 Å². The van der Waals surface area contributed by atoms with E-state index in [-0.39, 0.29) is 43.7 Å². The van der Waals surface area contributed by atoms with Crippen molar-refractivity contribution < 1.29 is 13.9 Å². The van der Waals surface area contributed by atoms with Gasteiger partial charge in [0.05, 0.1) is 26.2 Å². The summed E-state index contributed by atoms with van der Waals surface area (Å²) in [5.74, 6) is 2.46. The minimum absolute atomic E-state index is 0.0102. The number of hydrogen-bond donors (Lipinski definition) is 2. The Kier molecular flexibility index (Phi) is 7.76. The Morgan fingerprint density at radius 2 is 1.94 bits per heavy atom. The summed E-state index contributed by atoms with van der Waals surface area (Å²) in [7, 11) is 3.31. The third-order valence-electron chi connectivity index (χ3n) is 6.48. The maximum atomic E-state index is 13.4. The number of aromatic amines is 1. The number of likely N-dealkylation sites (N-methyl/N-ethyl adjacent to an activating group) is 1. The molecule has 1 aliphatic carbocycles. The number of nitrogens with two attached hydrogens (primary N) is 1. The molecule has 1 aliphatic rings. The van der Waals surface area contributed by atoms with Gasteiger partial charge in [0.1, 0.15) is 17.3 Å². The number of furan rings is 1. The number of carbonyl (C=O) groups is 1. The van der Waals surface area contributed by atoms with Crippen LogP contribution >= 0.6 is 0 Å². The molecule has 192 valence electrons. The number of carbonyl (C=O) groups excluding carboxylic acids is 1. The van der Waals surface area contributed by atoms with Crippen molar-refractivity contribution in [1.29, 1.82) is 0 Å². The molecule has 0 spiro atoms. The second kappa shape index (κ2) is 11.0. The summed E-state index contributed by atoms with van der Waals surface area (Å²) in [6.07, 6.45) is 1.14. The number of anilines is 2. The van der Waals surface area contributed by atoms with Crippen LogP contribution in [0.1, 0.15) is 36.3 Å². The summed E-state index contributed by atoms with van der Waals surface area (Å²) in [6, 6.07) is 13.2. The highest BCUT2D eigenvalue weighted by molar-refractivity contribution is 5.96. The topological polar surface area (TPSA) is 127 Å². The van der Waals surface area contributed by atoms with E-state index in [9.17, 15) is 14.4 Å². The highest BCUT2D eigenvalue weighted by atomic mass is 16.5. The van der Waals surface area contributed by atoms with Crippen LogP contribution in [0, 0.1) is 5.92 Å². The average molecular weight is 496 g/mol. The van der Waals surface area contributed by atoms with Crippen molar-refractivity contribution >= 4 is 17.4 Å². The molecule has 3 N–H and O–H groups in total. The maximum Gasteiger partial charge on any atom is 0.330 e. The van der Waals surface area contributed by atoms with Gasteiger partial charge < -0.3 is 19.8 Å². The van der Waals surface area contributed by atoms with E-state index in [1.54, 1.807) is 7.05 Å². The van der Waals surface area contributed by atoms with E-state index in [0.29, 0.717) is 18.4 Å². The van der Waals surface area contributed by atoms with Crippen LogP contribution in [0.25, 0.3) is 0 Å². The SMILES string of the molecule is COCCN(C(=O)CN(C)Cc1ccc([C@H]2C[C@H]2C)o1)c1c(N)n(Cc2ccccc2)c(=O)[nH]c1=O. The molecule has 4 rings (SSSR count). The van der Waals surface area contributed by atoms with Crippen molar-refractivity contribution in [3.05, 3.63) is 80.4 Å². The first-order valence-corrected chi connectivity index (χ1v) is 12.0. The minimum atomic E-state index is -0.719. The van der Waals surface area contributed by atoms with Gasteiger partial charge in [0, 0.05) is 19.6 Å². The van der Waals surface area contributed by atoms with Crippen LogP contribution < -0.4 is 21.9 Å². The third kappa shape index (κ3) is 5.77. The van der Waals surface area contributed by atoms with Crippen LogP contribution in [0.3, 0.4) is 0 Å². The zero-order chi connectivity index (χ0) is 25.8. The molecule has 2 atom stereocenters. The van der Waals surface area contributed by atoms with Gasteiger partial charge in [-0.15, -0.1) is 0 Å². The number of methoxy groups -OCH3 is 1. The first kappa shape index (κ1) is 25.5. The number of ether oxygens (including phenoxy) is 1. The van der Waals surface area contributed by atoms with Crippen molar-refractivity contribution in [3.8, 4) is 0 Å². The van der Waals surface area contributed by atoms with Crippen molar-refractivity contribution in [1.82, 2.24) is 14.5 Å². The third-order valence-corrected chi connectivity index (χ3v) is 6.48. The minimum Gasteiger partial charge on any atom is -0.464 e. The fraction of sp³-hybridized carbons (Fsp3) is 0.423. The van der Waals surface area contributed by atoms with Gasteiger partial charge in [0.15, 0.2) is 5.69 Å². The Bertz CT molecular complexity index is 1310. The van der Waals surface area contributed by atoms with E-state index in [4.69, 9.17) is 14.9 Å². The lowest BCUT2D eigenvalue weighted by atomic mass is 10.2. The van der Waals surface area contributed by atoms with Crippen molar-refractivity contribution in [2.45, 2.75) is 32.4 Å².